The lowest BCUT2D eigenvalue weighted by atomic mass is 10.1. The number of aliphatic hydroxyl groups excluding tert-OH is 1. The molecular formula is C16H25NO3. The van der Waals surface area contributed by atoms with E-state index in [0.29, 0.717) is 12.6 Å². The topological polar surface area (TPSA) is 41.9 Å². The van der Waals surface area contributed by atoms with E-state index in [9.17, 15) is 5.11 Å². The average Bonchev–Trinajstić information content (AvgIpc) is 2.48. The minimum atomic E-state index is -0.481. The van der Waals surface area contributed by atoms with Crippen molar-refractivity contribution in [3.05, 3.63) is 29.8 Å². The van der Waals surface area contributed by atoms with Gasteiger partial charge in [-0.3, -0.25) is 4.90 Å². The molecule has 0 aromatic heterocycles. The Labute approximate surface area is 121 Å². The number of nitrogens with zero attached hydrogens (tertiary/aromatic N) is 1. The van der Waals surface area contributed by atoms with Gasteiger partial charge in [0, 0.05) is 19.6 Å². The fourth-order valence-corrected chi connectivity index (χ4v) is 2.64. The molecule has 0 aliphatic carbocycles. The van der Waals surface area contributed by atoms with E-state index in [0.717, 1.165) is 43.9 Å². The van der Waals surface area contributed by atoms with Crippen molar-refractivity contribution in [3.63, 3.8) is 0 Å². The van der Waals surface area contributed by atoms with Gasteiger partial charge in [0.25, 0.3) is 0 Å². The van der Waals surface area contributed by atoms with Crippen molar-refractivity contribution in [2.24, 2.45) is 0 Å². The summed E-state index contributed by atoms with van der Waals surface area (Å²) in [6.07, 6.45) is 2.06. The molecule has 0 spiro atoms. The van der Waals surface area contributed by atoms with Crippen molar-refractivity contribution in [2.75, 3.05) is 33.4 Å². The maximum atomic E-state index is 10.4. The molecule has 1 aliphatic heterocycles. The third kappa shape index (κ3) is 4.20. The second kappa shape index (κ2) is 7.62. The number of hydrogen-bond donors (Lipinski definition) is 1. The molecule has 2 unspecified atom stereocenters. The standard InChI is InChI=1S/C16H25NO3/c1-3-5-15-11-17(8-9-20-15)12-16(18)13-6-4-7-14(10-13)19-2/h4,6-7,10,15-16,18H,3,5,8-9,11-12H2,1-2H3. The number of aliphatic hydroxyl groups is 1. The quantitative estimate of drug-likeness (QED) is 0.867. The highest BCUT2D eigenvalue weighted by molar-refractivity contribution is 5.29. The summed E-state index contributed by atoms with van der Waals surface area (Å²) in [5.41, 5.74) is 0.905. The van der Waals surface area contributed by atoms with Crippen molar-refractivity contribution in [3.8, 4) is 5.75 Å². The van der Waals surface area contributed by atoms with Gasteiger partial charge in [0.2, 0.25) is 0 Å². The van der Waals surface area contributed by atoms with Crippen LogP contribution < -0.4 is 4.74 Å². The molecule has 20 heavy (non-hydrogen) atoms. The molecule has 4 nitrogen and oxygen atoms in total. The van der Waals surface area contributed by atoms with Crippen LogP contribution in [0.2, 0.25) is 0 Å². The summed E-state index contributed by atoms with van der Waals surface area (Å²) >= 11 is 0. The molecule has 1 aliphatic rings. The predicted molar refractivity (Wildman–Crippen MR) is 79.0 cm³/mol. The zero-order valence-electron chi connectivity index (χ0n) is 12.4. The van der Waals surface area contributed by atoms with Crippen LogP contribution in [0.15, 0.2) is 24.3 Å². The van der Waals surface area contributed by atoms with Crippen LogP contribution >= 0.6 is 0 Å². The van der Waals surface area contributed by atoms with E-state index in [2.05, 4.69) is 11.8 Å². The molecule has 112 valence electrons. The Morgan fingerprint density at radius 2 is 2.35 bits per heavy atom. The number of ether oxygens (including phenoxy) is 2. The lowest BCUT2D eigenvalue weighted by Crippen LogP contribution is -2.44. The maximum Gasteiger partial charge on any atom is 0.119 e. The molecular weight excluding hydrogens is 254 g/mol. The van der Waals surface area contributed by atoms with Crippen molar-refractivity contribution < 1.29 is 14.6 Å². The number of methoxy groups -OCH3 is 1. The number of hydrogen-bond acceptors (Lipinski definition) is 4. The Kier molecular flexibility index (Phi) is 5.83. The lowest BCUT2D eigenvalue weighted by molar-refractivity contribution is -0.0440. The maximum absolute atomic E-state index is 10.4. The van der Waals surface area contributed by atoms with Crippen LogP contribution in [0, 0.1) is 0 Å². The molecule has 2 rings (SSSR count). The fourth-order valence-electron chi connectivity index (χ4n) is 2.64. The first-order valence-corrected chi connectivity index (χ1v) is 7.39. The van der Waals surface area contributed by atoms with Gasteiger partial charge in [-0.25, -0.2) is 0 Å². The van der Waals surface area contributed by atoms with Crippen molar-refractivity contribution in [1.29, 1.82) is 0 Å². The van der Waals surface area contributed by atoms with E-state index in [1.54, 1.807) is 7.11 Å². The highest BCUT2D eigenvalue weighted by atomic mass is 16.5. The second-order valence-corrected chi connectivity index (χ2v) is 5.33. The van der Waals surface area contributed by atoms with Gasteiger partial charge in [0.15, 0.2) is 0 Å². The summed E-state index contributed by atoms with van der Waals surface area (Å²) in [5, 5.41) is 10.4. The summed E-state index contributed by atoms with van der Waals surface area (Å²) in [6, 6.07) is 7.64. The Hall–Kier alpha value is -1.10. The summed E-state index contributed by atoms with van der Waals surface area (Å²) < 4.78 is 10.9. The highest BCUT2D eigenvalue weighted by Gasteiger charge is 2.22. The van der Waals surface area contributed by atoms with Crippen molar-refractivity contribution in [1.82, 2.24) is 4.90 Å². The van der Waals surface area contributed by atoms with Gasteiger partial charge in [-0.05, 0) is 24.1 Å². The molecule has 1 aromatic rings. The van der Waals surface area contributed by atoms with E-state index in [4.69, 9.17) is 9.47 Å². The van der Waals surface area contributed by atoms with E-state index in [1.165, 1.54) is 0 Å². The summed E-state index contributed by atoms with van der Waals surface area (Å²) in [7, 11) is 1.64. The predicted octanol–water partition coefficient (Wildman–Crippen LogP) is 2.23. The normalized spacial score (nSPS) is 21.6. The number of rotatable bonds is 6. The van der Waals surface area contributed by atoms with Crippen molar-refractivity contribution in [2.45, 2.75) is 32.0 Å². The second-order valence-electron chi connectivity index (χ2n) is 5.33. The van der Waals surface area contributed by atoms with Gasteiger partial charge in [-0.15, -0.1) is 0 Å². The smallest absolute Gasteiger partial charge is 0.119 e. The average molecular weight is 279 g/mol. The fraction of sp³-hybridized carbons (Fsp3) is 0.625. The van der Waals surface area contributed by atoms with Gasteiger partial charge in [0.05, 0.1) is 25.9 Å². The zero-order chi connectivity index (χ0) is 14.4. The van der Waals surface area contributed by atoms with E-state index >= 15 is 0 Å². The Morgan fingerprint density at radius 3 is 3.10 bits per heavy atom. The molecule has 1 saturated heterocycles. The molecule has 4 heteroatoms. The number of β-amino-alcohol motifs (C(OH)–C–C–N with tert-alkyl or cyclic N) is 1. The van der Waals surface area contributed by atoms with Gasteiger partial charge < -0.3 is 14.6 Å². The Balaban J connectivity index is 1.91. The molecule has 0 saturated carbocycles. The van der Waals surface area contributed by atoms with Crippen LogP contribution in [0.1, 0.15) is 31.4 Å². The summed E-state index contributed by atoms with van der Waals surface area (Å²) in [4.78, 5) is 2.29. The summed E-state index contributed by atoms with van der Waals surface area (Å²) in [6.45, 7) is 5.38. The first-order chi connectivity index (χ1) is 9.72. The molecule has 2 atom stereocenters. The zero-order valence-corrected chi connectivity index (χ0v) is 12.4. The molecule has 0 amide bonds. The van der Waals surface area contributed by atoms with Gasteiger partial charge >= 0.3 is 0 Å². The van der Waals surface area contributed by atoms with Gasteiger partial charge in [-0.1, -0.05) is 25.5 Å². The van der Waals surface area contributed by atoms with Crippen LogP contribution in [0.5, 0.6) is 5.75 Å². The molecule has 1 heterocycles. The Morgan fingerprint density at radius 1 is 1.50 bits per heavy atom. The third-order valence-corrected chi connectivity index (χ3v) is 3.74. The third-order valence-electron chi connectivity index (χ3n) is 3.74. The van der Waals surface area contributed by atoms with Crippen LogP contribution in [0.4, 0.5) is 0 Å². The molecule has 1 fully saturated rings. The minimum Gasteiger partial charge on any atom is -0.497 e. The summed E-state index contributed by atoms with van der Waals surface area (Å²) in [5.74, 6) is 0.785. The number of benzene rings is 1. The monoisotopic (exact) mass is 279 g/mol. The first kappa shape index (κ1) is 15.3. The van der Waals surface area contributed by atoms with Crippen LogP contribution in [-0.4, -0.2) is 49.5 Å². The minimum absolute atomic E-state index is 0.311. The molecule has 1 N–H and O–H groups in total. The lowest BCUT2D eigenvalue weighted by Gasteiger charge is -2.34. The highest BCUT2D eigenvalue weighted by Crippen LogP contribution is 2.21. The molecule has 0 bridgehead atoms. The largest absolute Gasteiger partial charge is 0.497 e. The van der Waals surface area contributed by atoms with E-state index in [1.807, 2.05) is 24.3 Å². The van der Waals surface area contributed by atoms with Crippen LogP contribution in [-0.2, 0) is 4.74 Å². The van der Waals surface area contributed by atoms with E-state index in [-0.39, 0.29) is 0 Å². The Bertz CT molecular complexity index is 408. The molecule has 1 aromatic carbocycles. The van der Waals surface area contributed by atoms with E-state index < -0.39 is 6.10 Å². The van der Waals surface area contributed by atoms with Gasteiger partial charge in [-0.2, -0.15) is 0 Å². The van der Waals surface area contributed by atoms with Crippen molar-refractivity contribution >= 4 is 0 Å². The van der Waals surface area contributed by atoms with Crippen LogP contribution in [0.25, 0.3) is 0 Å². The van der Waals surface area contributed by atoms with Crippen LogP contribution in [0.3, 0.4) is 0 Å². The molecule has 0 radical (unpaired) electrons. The first-order valence-electron chi connectivity index (χ1n) is 7.39. The number of morpholine rings is 1. The van der Waals surface area contributed by atoms with Gasteiger partial charge in [0.1, 0.15) is 5.75 Å². The SMILES string of the molecule is CCCC1CN(CC(O)c2cccc(OC)c2)CCO1.